The molecule has 1 N–H and O–H groups in total. The molecule has 0 aromatic heterocycles. The van der Waals surface area contributed by atoms with Crippen LogP contribution in [0.5, 0.6) is 0 Å². The van der Waals surface area contributed by atoms with Gasteiger partial charge in [-0.15, -0.1) is 0 Å². The van der Waals surface area contributed by atoms with E-state index < -0.39 is 18.9 Å². The summed E-state index contributed by atoms with van der Waals surface area (Å²) >= 11 is 0. The summed E-state index contributed by atoms with van der Waals surface area (Å²) in [5, 5.41) is 0. The third-order valence-electron chi connectivity index (χ3n) is 5.89. The minimum Gasteiger partial charge on any atom is -0.341 e. The van der Waals surface area contributed by atoms with Crippen molar-refractivity contribution in [3.05, 3.63) is 144 Å². The van der Waals surface area contributed by atoms with E-state index in [-0.39, 0.29) is 0 Å². The van der Waals surface area contributed by atoms with Crippen LogP contribution in [0.2, 0.25) is 0 Å². The van der Waals surface area contributed by atoms with Crippen LogP contribution < -0.4 is 0 Å². The predicted octanol–water partition coefficient (Wildman–Crippen LogP) is 7.02. The number of rotatable bonds is 8. The number of benzene rings is 4. The Labute approximate surface area is 207 Å². The molecule has 4 nitrogen and oxygen atoms in total. The van der Waals surface area contributed by atoms with Crippen LogP contribution in [-0.2, 0) is 4.57 Å². The first kappa shape index (κ1) is 24.5. The van der Waals surface area contributed by atoms with Crippen LogP contribution in [0, 0.1) is 0 Å². The van der Waals surface area contributed by atoms with Gasteiger partial charge >= 0.3 is 0 Å². The molecule has 2 atom stereocenters. The second-order valence-electron chi connectivity index (χ2n) is 8.36. The second kappa shape index (κ2) is 11.2. The minimum atomic E-state index is -3.84. The summed E-state index contributed by atoms with van der Waals surface area (Å²) in [5.41, 5.74) is 4.98. The zero-order valence-electron chi connectivity index (χ0n) is 19.9. The van der Waals surface area contributed by atoms with Gasteiger partial charge in [0.1, 0.15) is 11.6 Å². The zero-order chi connectivity index (χ0) is 24.7. The Hall–Kier alpha value is -3.59. The Morgan fingerprint density at radius 3 is 1.00 bits per heavy atom. The van der Waals surface area contributed by atoms with Crippen LogP contribution in [0.25, 0.3) is 0 Å². The molecule has 0 heterocycles. The third kappa shape index (κ3) is 5.92. The summed E-state index contributed by atoms with van der Waals surface area (Å²) in [6, 6.07) is 39.0. The lowest BCUT2D eigenvalue weighted by atomic mass is 10.0. The van der Waals surface area contributed by atoms with Gasteiger partial charge < -0.3 is 4.89 Å². The van der Waals surface area contributed by atoms with E-state index >= 15 is 0 Å². The summed E-state index contributed by atoms with van der Waals surface area (Å²) in [4.78, 5) is 20.9. The fourth-order valence-electron chi connectivity index (χ4n) is 3.87. The SMILES string of the molecule is CC(N=C(c1ccccc1)c1ccccc1)P(=O)(O)C(C)N=C(c1ccccc1)c1ccccc1. The molecule has 0 bridgehead atoms. The van der Waals surface area contributed by atoms with E-state index in [1.54, 1.807) is 13.8 Å². The first-order valence-corrected chi connectivity index (χ1v) is 13.5. The third-order valence-corrected chi connectivity index (χ3v) is 8.26. The maximum atomic E-state index is 13.8. The molecule has 0 saturated carbocycles. The van der Waals surface area contributed by atoms with Crippen molar-refractivity contribution in [1.29, 1.82) is 0 Å². The molecule has 2 unspecified atom stereocenters. The van der Waals surface area contributed by atoms with Gasteiger partial charge in [0, 0.05) is 22.3 Å². The summed E-state index contributed by atoms with van der Waals surface area (Å²) in [7, 11) is -3.84. The van der Waals surface area contributed by atoms with Gasteiger partial charge in [-0.25, -0.2) is 0 Å². The zero-order valence-corrected chi connectivity index (χ0v) is 20.8. The van der Waals surface area contributed by atoms with Gasteiger partial charge in [0.15, 0.2) is 0 Å². The Morgan fingerprint density at radius 1 is 0.543 bits per heavy atom. The largest absolute Gasteiger partial charge is 0.341 e. The normalized spacial score (nSPS) is 14.3. The van der Waals surface area contributed by atoms with Crippen LogP contribution in [0.1, 0.15) is 36.1 Å². The van der Waals surface area contributed by atoms with Crippen LogP contribution >= 0.6 is 7.37 Å². The Kier molecular flexibility index (Phi) is 7.87. The first-order chi connectivity index (χ1) is 17.0. The van der Waals surface area contributed by atoms with Crippen molar-refractivity contribution in [3.8, 4) is 0 Å². The van der Waals surface area contributed by atoms with E-state index in [9.17, 15) is 9.46 Å². The molecule has 4 aromatic rings. The van der Waals surface area contributed by atoms with Crippen molar-refractivity contribution in [2.24, 2.45) is 9.98 Å². The second-order valence-corrected chi connectivity index (χ2v) is 11.2. The molecule has 0 fully saturated rings. The highest BCUT2D eigenvalue weighted by Gasteiger charge is 2.34. The smallest absolute Gasteiger partial charge is 0.247 e. The Morgan fingerprint density at radius 2 is 0.771 bits per heavy atom. The molecule has 0 radical (unpaired) electrons. The average Bonchev–Trinajstić information content (AvgIpc) is 2.92. The van der Waals surface area contributed by atoms with E-state index in [0.29, 0.717) is 11.4 Å². The molecule has 35 heavy (non-hydrogen) atoms. The monoisotopic (exact) mass is 480 g/mol. The average molecular weight is 481 g/mol. The lowest BCUT2D eigenvalue weighted by Gasteiger charge is -2.22. The van der Waals surface area contributed by atoms with Gasteiger partial charge in [0.25, 0.3) is 0 Å². The Balaban J connectivity index is 1.73. The summed E-state index contributed by atoms with van der Waals surface area (Å²) in [5.74, 6) is -1.69. The molecule has 0 amide bonds. The molecule has 4 rings (SSSR count). The standard InChI is InChI=1S/C30H29N2O2P/c1-23(31-29(25-15-7-3-8-16-25)26-17-9-4-10-18-26)35(33,34)24(2)32-30(27-19-11-5-12-20-27)28-21-13-6-14-22-28/h3-24H,1-2H3,(H,33,34). The highest BCUT2D eigenvalue weighted by atomic mass is 31.2. The topological polar surface area (TPSA) is 62.0 Å². The molecule has 5 heteroatoms. The molecule has 0 aliphatic heterocycles. The molecule has 0 aliphatic carbocycles. The van der Waals surface area contributed by atoms with E-state index in [2.05, 4.69) is 0 Å². The van der Waals surface area contributed by atoms with Crippen LogP contribution in [-0.4, -0.2) is 27.9 Å². The number of aliphatic imine (C=N–C) groups is 2. The predicted molar refractivity (Wildman–Crippen MR) is 146 cm³/mol. The maximum absolute atomic E-state index is 13.8. The molecular weight excluding hydrogens is 451 g/mol. The van der Waals surface area contributed by atoms with Gasteiger partial charge in [-0.2, -0.15) is 0 Å². The van der Waals surface area contributed by atoms with Gasteiger partial charge in [0.05, 0.1) is 11.4 Å². The molecule has 0 aliphatic rings. The van der Waals surface area contributed by atoms with Crippen molar-refractivity contribution in [2.45, 2.75) is 25.4 Å². The van der Waals surface area contributed by atoms with Crippen molar-refractivity contribution >= 4 is 18.8 Å². The number of hydrogen-bond acceptors (Lipinski definition) is 3. The van der Waals surface area contributed by atoms with Crippen molar-refractivity contribution in [1.82, 2.24) is 0 Å². The van der Waals surface area contributed by atoms with Crippen molar-refractivity contribution < 1.29 is 9.46 Å². The maximum Gasteiger partial charge on any atom is 0.247 e. The van der Waals surface area contributed by atoms with E-state index in [0.717, 1.165) is 22.3 Å². The lowest BCUT2D eigenvalue weighted by molar-refractivity contribution is 0.455. The lowest BCUT2D eigenvalue weighted by Crippen LogP contribution is -2.16. The first-order valence-electron chi connectivity index (χ1n) is 11.7. The summed E-state index contributed by atoms with van der Waals surface area (Å²) in [6.45, 7) is 3.40. The van der Waals surface area contributed by atoms with Crippen molar-refractivity contribution in [3.63, 3.8) is 0 Å². The minimum absolute atomic E-state index is 0.690. The van der Waals surface area contributed by atoms with E-state index in [1.165, 1.54) is 0 Å². The quantitative estimate of drug-likeness (QED) is 0.217. The highest BCUT2D eigenvalue weighted by Crippen LogP contribution is 2.52. The fourth-order valence-corrected chi connectivity index (χ4v) is 5.05. The van der Waals surface area contributed by atoms with Gasteiger partial charge in [-0.05, 0) is 13.8 Å². The van der Waals surface area contributed by atoms with Crippen LogP contribution in [0.15, 0.2) is 131 Å². The fraction of sp³-hybridized carbons (Fsp3) is 0.133. The van der Waals surface area contributed by atoms with Crippen LogP contribution in [0.4, 0.5) is 0 Å². The Bertz CT molecular complexity index is 1150. The van der Waals surface area contributed by atoms with Gasteiger partial charge in [-0.1, -0.05) is 121 Å². The summed E-state index contributed by atoms with van der Waals surface area (Å²) in [6.07, 6.45) is 0. The van der Waals surface area contributed by atoms with Crippen molar-refractivity contribution in [2.75, 3.05) is 0 Å². The molecule has 0 saturated heterocycles. The highest BCUT2D eigenvalue weighted by molar-refractivity contribution is 7.59. The van der Waals surface area contributed by atoms with E-state index in [4.69, 9.17) is 9.98 Å². The van der Waals surface area contributed by atoms with E-state index in [1.807, 2.05) is 121 Å². The molecule has 0 spiro atoms. The van der Waals surface area contributed by atoms with Gasteiger partial charge in [0.2, 0.25) is 7.37 Å². The number of hydrogen-bond donors (Lipinski definition) is 1. The molecule has 176 valence electrons. The van der Waals surface area contributed by atoms with Crippen LogP contribution in [0.3, 0.4) is 0 Å². The number of nitrogens with zero attached hydrogens (tertiary/aromatic N) is 2. The molecule has 4 aromatic carbocycles. The van der Waals surface area contributed by atoms with Gasteiger partial charge in [-0.3, -0.25) is 14.5 Å². The molecular formula is C30H29N2O2P. The summed E-state index contributed by atoms with van der Waals surface area (Å²) < 4.78 is 13.8.